The zero-order chi connectivity index (χ0) is 14.1. The van der Waals surface area contributed by atoms with Crippen LogP contribution in [0.15, 0.2) is 18.2 Å². The van der Waals surface area contributed by atoms with Crippen molar-refractivity contribution in [2.75, 3.05) is 31.6 Å². The van der Waals surface area contributed by atoms with Gasteiger partial charge in [0.15, 0.2) is 0 Å². The summed E-state index contributed by atoms with van der Waals surface area (Å²) in [5, 5.41) is 0. The van der Waals surface area contributed by atoms with Crippen molar-refractivity contribution in [3.8, 4) is 0 Å². The molecule has 2 unspecified atom stereocenters. The summed E-state index contributed by atoms with van der Waals surface area (Å²) < 4.78 is 0. The number of hydrogen-bond donors (Lipinski definition) is 1. The van der Waals surface area contributed by atoms with E-state index in [9.17, 15) is 0 Å². The number of nitrogens with two attached hydrogens (primary N) is 1. The van der Waals surface area contributed by atoms with Crippen LogP contribution in [-0.4, -0.2) is 37.6 Å². The third-order valence-corrected chi connectivity index (χ3v) is 5.13. The molecule has 0 saturated carbocycles. The monoisotopic (exact) mass is 273 g/mol. The molecule has 0 amide bonds. The van der Waals surface area contributed by atoms with Gasteiger partial charge >= 0.3 is 0 Å². The standard InChI is InChI=1S/C17H27N3/c1-13-4-3-8-20(17(13)11-18)12-14-5-6-16-15(10-14)7-9-19(16)2/h5-6,10,13,17H,3-4,7-9,11-12,18H2,1-2H3. The van der Waals surface area contributed by atoms with Crippen LogP contribution in [0, 0.1) is 5.92 Å². The first-order valence-corrected chi connectivity index (χ1v) is 7.96. The molecule has 0 aliphatic carbocycles. The van der Waals surface area contributed by atoms with Crippen LogP contribution >= 0.6 is 0 Å². The van der Waals surface area contributed by atoms with Crippen molar-refractivity contribution >= 4 is 5.69 Å². The molecular formula is C17H27N3. The molecule has 1 fully saturated rings. The molecule has 2 aliphatic rings. The lowest BCUT2D eigenvalue weighted by Gasteiger charge is -2.39. The van der Waals surface area contributed by atoms with E-state index in [-0.39, 0.29) is 0 Å². The number of nitrogens with zero attached hydrogens (tertiary/aromatic N) is 2. The number of rotatable bonds is 3. The zero-order valence-electron chi connectivity index (χ0n) is 12.8. The number of hydrogen-bond acceptors (Lipinski definition) is 3. The quantitative estimate of drug-likeness (QED) is 0.917. The van der Waals surface area contributed by atoms with Crippen LogP contribution in [0.25, 0.3) is 0 Å². The summed E-state index contributed by atoms with van der Waals surface area (Å²) in [6, 6.07) is 7.56. The van der Waals surface area contributed by atoms with Gasteiger partial charge in [0.05, 0.1) is 0 Å². The van der Waals surface area contributed by atoms with Gasteiger partial charge < -0.3 is 10.6 Å². The van der Waals surface area contributed by atoms with Crippen LogP contribution in [-0.2, 0) is 13.0 Å². The Morgan fingerprint density at radius 3 is 2.95 bits per heavy atom. The fourth-order valence-corrected chi connectivity index (χ4v) is 3.87. The molecule has 0 aromatic heterocycles. The molecule has 0 spiro atoms. The predicted molar refractivity (Wildman–Crippen MR) is 85.1 cm³/mol. The number of benzene rings is 1. The van der Waals surface area contributed by atoms with Gasteiger partial charge in [0, 0.05) is 38.4 Å². The highest BCUT2D eigenvalue weighted by molar-refractivity contribution is 5.58. The molecule has 1 saturated heterocycles. The van der Waals surface area contributed by atoms with Crippen molar-refractivity contribution in [1.29, 1.82) is 0 Å². The maximum absolute atomic E-state index is 6.00. The third-order valence-electron chi connectivity index (χ3n) is 5.13. The molecule has 2 atom stereocenters. The minimum atomic E-state index is 0.555. The van der Waals surface area contributed by atoms with Gasteiger partial charge in [0.25, 0.3) is 0 Å². The fraction of sp³-hybridized carbons (Fsp3) is 0.647. The van der Waals surface area contributed by atoms with E-state index < -0.39 is 0 Å². The summed E-state index contributed by atoms with van der Waals surface area (Å²) in [5.74, 6) is 0.731. The molecular weight excluding hydrogens is 246 g/mol. The third kappa shape index (κ3) is 2.57. The SMILES string of the molecule is CC1CCCN(Cc2ccc3c(c2)CCN3C)C1CN. The Bertz CT molecular complexity index is 471. The molecule has 110 valence electrons. The average Bonchev–Trinajstić information content (AvgIpc) is 2.80. The highest BCUT2D eigenvalue weighted by atomic mass is 15.2. The van der Waals surface area contributed by atoms with E-state index >= 15 is 0 Å². The van der Waals surface area contributed by atoms with Gasteiger partial charge in [-0.3, -0.25) is 4.90 Å². The molecule has 2 aliphatic heterocycles. The summed E-state index contributed by atoms with van der Waals surface area (Å²) >= 11 is 0. The van der Waals surface area contributed by atoms with E-state index in [2.05, 4.69) is 42.0 Å². The fourth-order valence-electron chi connectivity index (χ4n) is 3.87. The summed E-state index contributed by atoms with van der Waals surface area (Å²) in [4.78, 5) is 4.94. The van der Waals surface area contributed by atoms with E-state index in [0.29, 0.717) is 6.04 Å². The van der Waals surface area contributed by atoms with Crippen molar-refractivity contribution < 1.29 is 0 Å². The molecule has 0 radical (unpaired) electrons. The first-order chi connectivity index (χ1) is 9.69. The van der Waals surface area contributed by atoms with Gasteiger partial charge in [-0.25, -0.2) is 0 Å². The van der Waals surface area contributed by atoms with Crippen molar-refractivity contribution in [1.82, 2.24) is 4.90 Å². The van der Waals surface area contributed by atoms with E-state index in [1.807, 2.05) is 0 Å². The van der Waals surface area contributed by atoms with Crippen LogP contribution in [0.4, 0.5) is 5.69 Å². The van der Waals surface area contributed by atoms with Crippen LogP contribution in [0.2, 0.25) is 0 Å². The highest BCUT2D eigenvalue weighted by Gasteiger charge is 2.27. The molecule has 20 heavy (non-hydrogen) atoms. The molecule has 2 N–H and O–H groups in total. The van der Waals surface area contributed by atoms with Gasteiger partial charge in [-0.2, -0.15) is 0 Å². The van der Waals surface area contributed by atoms with E-state index in [1.54, 1.807) is 0 Å². The molecule has 3 nitrogen and oxygen atoms in total. The van der Waals surface area contributed by atoms with E-state index in [1.165, 1.54) is 42.6 Å². The topological polar surface area (TPSA) is 32.5 Å². The maximum Gasteiger partial charge on any atom is 0.0397 e. The lowest BCUT2D eigenvalue weighted by atomic mass is 9.90. The highest BCUT2D eigenvalue weighted by Crippen LogP contribution is 2.29. The second-order valence-corrected chi connectivity index (χ2v) is 6.53. The Hall–Kier alpha value is -1.06. The average molecular weight is 273 g/mol. The first kappa shape index (κ1) is 13.9. The second kappa shape index (κ2) is 5.74. The summed E-state index contributed by atoms with van der Waals surface area (Å²) in [7, 11) is 2.18. The number of likely N-dealkylation sites (N-methyl/N-ethyl adjacent to an activating group) is 1. The van der Waals surface area contributed by atoms with Gasteiger partial charge in [0.2, 0.25) is 0 Å². The van der Waals surface area contributed by atoms with Gasteiger partial charge in [-0.15, -0.1) is 0 Å². The van der Waals surface area contributed by atoms with Gasteiger partial charge in [0.1, 0.15) is 0 Å². The van der Waals surface area contributed by atoms with E-state index in [0.717, 1.165) is 25.6 Å². The number of anilines is 1. The largest absolute Gasteiger partial charge is 0.374 e. The summed E-state index contributed by atoms with van der Waals surface area (Å²) in [6.07, 6.45) is 3.83. The molecule has 1 aromatic rings. The maximum atomic E-state index is 6.00. The lowest BCUT2D eigenvalue weighted by molar-refractivity contribution is 0.0991. The predicted octanol–water partition coefficient (Wildman–Crippen LogP) is 2.24. The number of likely N-dealkylation sites (tertiary alicyclic amines) is 1. The molecule has 2 heterocycles. The van der Waals surface area contributed by atoms with Crippen LogP contribution in [0.5, 0.6) is 0 Å². The van der Waals surface area contributed by atoms with Crippen LogP contribution in [0.3, 0.4) is 0 Å². The molecule has 0 bridgehead atoms. The summed E-state index contributed by atoms with van der Waals surface area (Å²) in [6.45, 7) is 6.55. The minimum absolute atomic E-state index is 0.555. The Labute approximate surface area is 122 Å². The first-order valence-electron chi connectivity index (χ1n) is 7.96. The van der Waals surface area contributed by atoms with Crippen LogP contribution in [0.1, 0.15) is 30.9 Å². The van der Waals surface area contributed by atoms with Crippen LogP contribution < -0.4 is 10.6 Å². The van der Waals surface area contributed by atoms with E-state index in [4.69, 9.17) is 5.73 Å². The van der Waals surface area contributed by atoms with Crippen molar-refractivity contribution in [2.24, 2.45) is 11.7 Å². The molecule has 1 aromatic carbocycles. The summed E-state index contributed by atoms with van der Waals surface area (Å²) in [5.41, 5.74) is 10.4. The van der Waals surface area contributed by atoms with Gasteiger partial charge in [-0.1, -0.05) is 19.1 Å². The number of fused-ring (bicyclic) bond motifs is 1. The second-order valence-electron chi connectivity index (χ2n) is 6.53. The smallest absolute Gasteiger partial charge is 0.0397 e. The molecule has 3 heteroatoms. The zero-order valence-corrected chi connectivity index (χ0v) is 12.8. The Kier molecular flexibility index (Phi) is 3.99. The minimum Gasteiger partial charge on any atom is -0.374 e. The Balaban J connectivity index is 1.74. The molecule has 3 rings (SSSR count). The Morgan fingerprint density at radius 2 is 2.15 bits per heavy atom. The van der Waals surface area contributed by atoms with Crippen molar-refractivity contribution in [3.05, 3.63) is 29.3 Å². The van der Waals surface area contributed by atoms with Crippen molar-refractivity contribution in [3.63, 3.8) is 0 Å². The lowest BCUT2D eigenvalue weighted by Crippen LogP contribution is -2.48. The normalized spacial score (nSPS) is 26.9. The van der Waals surface area contributed by atoms with Crippen molar-refractivity contribution in [2.45, 2.75) is 38.8 Å². The van der Waals surface area contributed by atoms with Gasteiger partial charge in [-0.05, 0) is 48.9 Å². The number of piperidine rings is 1. The Morgan fingerprint density at radius 1 is 1.30 bits per heavy atom.